The van der Waals surface area contributed by atoms with Crippen molar-refractivity contribution >= 4 is 5.69 Å². The molecule has 0 aliphatic heterocycles. The Labute approximate surface area is 109 Å². The zero-order valence-corrected chi connectivity index (χ0v) is 10.3. The van der Waals surface area contributed by atoms with Crippen molar-refractivity contribution in [3.8, 4) is 11.5 Å². The van der Waals surface area contributed by atoms with Gasteiger partial charge in [0.15, 0.2) is 11.5 Å². The predicted octanol–water partition coefficient (Wildman–Crippen LogP) is 3.13. The van der Waals surface area contributed by atoms with E-state index in [9.17, 15) is 8.78 Å². The van der Waals surface area contributed by atoms with Crippen LogP contribution in [-0.4, -0.2) is 7.11 Å². The topological polar surface area (TPSA) is 44.5 Å². The molecule has 100 valence electrons. The fraction of sp³-hybridized carbons (Fsp3) is 0.143. The first-order valence-electron chi connectivity index (χ1n) is 5.60. The molecule has 0 spiro atoms. The summed E-state index contributed by atoms with van der Waals surface area (Å²) in [7, 11) is 1.49. The van der Waals surface area contributed by atoms with Crippen LogP contribution in [0.1, 0.15) is 5.56 Å². The van der Waals surface area contributed by atoms with Crippen LogP contribution >= 0.6 is 0 Å². The van der Waals surface area contributed by atoms with E-state index in [2.05, 4.69) is 0 Å². The van der Waals surface area contributed by atoms with E-state index in [0.717, 1.165) is 18.2 Å². The number of nitrogen functional groups attached to an aromatic ring is 1. The first kappa shape index (κ1) is 13.1. The Morgan fingerprint density at radius 1 is 1.05 bits per heavy atom. The third kappa shape index (κ3) is 3.13. The molecule has 19 heavy (non-hydrogen) atoms. The summed E-state index contributed by atoms with van der Waals surface area (Å²) in [5, 5.41) is 0. The first-order chi connectivity index (χ1) is 9.10. The third-order valence-corrected chi connectivity index (χ3v) is 2.58. The molecule has 0 fully saturated rings. The summed E-state index contributed by atoms with van der Waals surface area (Å²) in [6.45, 7) is -0.108. The quantitative estimate of drug-likeness (QED) is 0.864. The minimum absolute atomic E-state index is 0.108. The van der Waals surface area contributed by atoms with Crippen LogP contribution in [0, 0.1) is 11.6 Å². The summed E-state index contributed by atoms with van der Waals surface area (Å²) in [6, 6.07) is 8.08. The Hall–Kier alpha value is -2.30. The van der Waals surface area contributed by atoms with E-state index in [4.69, 9.17) is 15.2 Å². The molecule has 2 rings (SSSR count). The summed E-state index contributed by atoms with van der Waals surface area (Å²) in [4.78, 5) is 0. The number of ether oxygens (including phenoxy) is 2. The molecule has 0 atom stereocenters. The highest BCUT2D eigenvalue weighted by molar-refractivity contribution is 5.52. The molecule has 0 aliphatic carbocycles. The highest BCUT2D eigenvalue weighted by Crippen LogP contribution is 2.29. The summed E-state index contributed by atoms with van der Waals surface area (Å²) in [5.74, 6) is -0.180. The Kier molecular flexibility index (Phi) is 3.85. The lowest BCUT2D eigenvalue weighted by Crippen LogP contribution is -2.01. The molecule has 0 bridgehead atoms. The third-order valence-electron chi connectivity index (χ3n) is 2.58. The zero-order valence-electron chi connectivity index (χ0n) is 10.3. The van der Waals surface area contributed by atoms with Gasteiger partial charge in [0.2, 0.25) is 0 Å². The lowest BCUT2D eigenvalue weighted by Gasteiger charge is -2.11. The molecule has 0 amide bonds. The van der Waals surface area contributed by atoms with Gasteiger partial charge in [-0.1, -0.05) is 0 Å². The molecular weight excluding hydrogens is 252 g/mol. The van der Waals surface area contributed by atoms with Crippen LogP contribution in [0.15, 0.2) is 36.4 Å². The van der Waals surface area contributed by atoms with Crippen molar-refractivity contribution in [2.75, 3.05) is 12.8 Å². The number of benzene rings is 2. The average Bonchev–Trinajstić information content (AvgIpc) is 2.40. The Balaban J connectivity index is 2.18. The fourth-order valence-corrected chi connectivity index (χ4v) is 1.62. The van der Waals surface area contributed by atoms with E-state index in [-0.39, 0.29) is 12.2 Å². The molecule has 0 saturated carbocycles. The van der Waals surface area contributed by atoms with Gasteiger partial charge in [-0.05, 0) is 30.3 Å². The summed E-state index contributed by atoms with van der Waals surface area (Å²) in [5.41, 5.74) is 6.26. The van der Waals surface area contributed by atoms with Gasteiger partial charge in [0.25, 0.3) is 0 Å². The number of hydrogen-bond donors (Lipinski definition) is 1. The van der Waals surface area contributed by atoms with Crippen LogP contribution in [0.25, 0.3) is 0 Å². The first-order valence-corrected chi connectivity index (χ1v) is 5.60. The largest absolute Gasteiger partial charge is 0.493 e. The molecule has 5 heteroatoms. The molecule has 2 aromatic rings. The van der Waals surface area contributed by atoms with E-state index in [0.29, 0.717) is 17.2 Å². The summed E-state index contributed by atoms with van der Waals surface area (Å²) < 4.78 is 37.0. The van der Waals surface area contributed by atoms with E-state index in [1.807, 2.05) is 0 Å². The Bertz CT molecular complexity index is 588. The number of methoxy groups -OCH3 is 1. The lowest BCUT2D eigenvalue weighted by atomic mass is 10.2. The van der Waals surface area contributed by atoms with Gasteiger partial charge in [-0.15, -0.1) is 0 Å². The van der Waals surface area contributed by atoms with Crippen LogP contribution in [0.3, 0.4) is 0 Å². The van der Waals surface area contributed by atoms with Crippen molar-refractivity contribution in [3.63, 3.8) is 0 Å². The van der Waals surface area contributed by atoms with Crippen molar-refractivity contribution < 1.29 is 18.3 Å². The van der Waals surface area contributed by atoms with Gasteiger partial charge >= 0.3 is 0 Å². The van der Waals surface area contributed by atoms with Crippen molar-refractivity contribution in [3.05, 3.63) is 53.6 Å². The van der Waals surface area contributed by atoms with Gasteiger partial charge < -0.3 is 15.2 Å². The Morgan fingerprint density at radius 2 is 1.84 bits per heavy atom. The number of rotatable bonds is 4. The van der Waals surface area contributed by atoms with Crippen LogP contribution in [0.4, 0.5) is 14.5 Å². The average molecular weight is 265 g/mol. The summed E-state index contributed by atoms with van der Waals surface area (Å²) >= 11 is 0. The molecule has 0 aliphatic rings. The number of anilines is 1. The normalized spacial score (nSPS) is 10.3. The molecular formula is C14H13F2NO2. The minimum Gasteiger partial charge on any atom is -0.493 e. The second kappa shape index (κ2) is 5.56. The number of nitrogens with two attached hydrogens (primary N) is 1. The fourth-order valence-electron chi connectivity index (χ4n) is 1.62. The Morgan fingerprint density at radius 3 is 2.58 bits per heavy atom. The molecule has 3 nitrogen and oxygen atoms in total. The van der Waals surface area contributed by atoms with Gasteiger partial charge in [-0.2, -0.15) is 0 Å². The van der Waals surface area contributed by atoms with Crippen LogP contribution in [0.5, 0.6) is 11.5 Å². The van der Waals surface area contributed by atoms with Crippen LogP contribution in [0.2, 0.25) is 0 Å². The van der Waals surface area contributed by atoms with E-state index in [1.54, 1.807) is 18.2 Å². The minimum atomic E-state index is -0.524. The molecule has 2 N–H and O–H groups in total. The van der Waals surface area contributed by atoms with E-state index < -0.39 is 11.6 Å². The highest BCUT2D eigenvalue weighted by atomic mass is 19.1. The van der Waals surface area contributed by atoms with Crippen LogP contribution < -0.4 is 15.2 Å². The van der Waals surface area contributed by atoms with Crippen molar-refractivity contribution in [1.29, 1.82) is 0 Å². The maximum absolute atomic E-state index is 13.4. The molecule has 0 aromatic heterocycles. The van der Waals surface area contributed by atoms with Gasteiger partial charge in [-0.3, -0.25) is 0 Å². The van der Waals surface area contributed by atoms with Crippen molar-refractivity contribution in [1.82, 2.24) is 0 Å². The molecule has 0 saturated heterocycles. The predicted molar refractivity (Wildman–Crippen MR) is 68.1 cm³/mol. The van der Waals surface area contributed by atoms with Gasteiger partial charge in [-0.25, -0.2) is 8.78 Å². The highest BCUT2D eigenvalue weighted by Gasteiger charge is 2.08. The standard InChI is InChI=1S/C14H13F2NO2/c1-18-13-5-3-11(17)7-14(13)19-8-9-6-10(15)2-4-12(9)16/h2-7H,8,17H2,1H3. The van der Waals surface area contributed by atoms with Gasteiger partial charge in [0, 0.05) is 17.3 Å². The maximum Gasteiger partial charge on any atom is 0.163 e. The van der Waals surface area contributed by atoms with Crippen LogP contribution in [-0.2, 0) is 6.61 Å². The SMILES string of the molecule is COc1ccc(N)cc1OCc1cc(F)ccc1F. The van der Waals surface area contributed by atoms with Crippen molar-refractivity contribution in [2.24, 2.45) is 0 Å². The monoisotopic (exact) mass is 265 g/mol. The van der Waals surface area contributed by atoms with Gasteiger partial charge in [0.1, 0.15) is 18.2 Å². The molecule has 0 unspecified atom stereocenters. The summed E-state index contributed by atoms with van der Waals surface area (Å²) in [6.07, 6.45) is 0. The molecule has 0 heterocycles. The molecule has 0 radical (unpaired) electrons. The zero-order chi connectivity index (χ0) is 13.8. The van der Waals surface area contributed by atoms with E-state index >= 15 is 0 Å². The maximum atomic E-state index is 13.4. The number of hydrogen-bond acceptors (Lipinski definition) is 3. The number of halogens is 2. The second-order valence-electron chi connectivity index (χ2n) is 3.93. The lowest BCUT2D eigenvalue weighted by molar-refractivity contribution is 0.279. The van der Waals surface area contributed by atoms with Gasteiger partial charge in [0.05, 0.1) is 7.11 Å². The van der Waals surface area contributed by atoms with E-state index in [1.165, 1.54) is 7.11 Å². The molecule has 2 aromatic carbocycles. The second-order valence-corrected chi connectivity index (χ2v) is 3.93. The smallest absolute Gasteiger partial charge is 0.163 e. The van der Waals surface area contributed by atoms with Crippen molar-refractivity contribution in [2.45, 2.75) is 6.61 Å².